The SMILES string of the molecule is COc1ccccc1-c1cn2nccc(C(N)=O)c2n1. The number of nitrogens with zero attached hydrogens (tertiary/aromatic N) is 3. The quantitative estimate of drug-likeness (QED) is 0.780. The molecule has 0 unspecified atom stereocenters. The lowest BCUT2D eigenvalue weighted by molar-refractivity contribution is 0.100. The number of carbonyl (C=O) groups is 1. The molecule has 20 heavy (non-hydrogen) atoms. The molecule has 0 spiro atoms. The van der Waals surface area contributed by atoms with E-state index in [1.807, 2.05) is 24.3 Å². The molecule has 0 fully saturated rings. The van der Waals surface area contributed by atoms with Gasteiger partial charge >= 0.3 is 0 Å². The summed E-state index contributed by atoms with van der Waals surface area (Å²) in [5, 5.41) is 4.13. The fraction of sp³-hybridized carbons (Fsp3) is 0.0714. The van der Waals surface area contributed by atoms with Gasteiger partial charge < -0.3 is 10.5 Å². The van der Waals surface area contributed by atoms with Crippen molar-refractivity contribution in [1.82, 2.24) is 14.6 Å². The minimum atomic E-state index is -0.533. The Bertz CT molecular complexity index is 795. The third-order valence-electron chi connectivity index (χ3n) is 3.01. The highest BCUT2D eigenvalue weighted by molar-refractivity contribution is 5.98. The predicted octanol–water partition coefficient (Wildman–Crippen LogP) is 1.50. The summed E-state index contributed by atoms with van der Waals surface area (Å²) in [4.78, 5) is 15.8. The number of primary amides is 1. The van der Waals surface area contributed by atoms with Crippen LogP contribution >= 0.6 is 0 Å². The van der Waals surface area contributed by atoms with Crippen LogP contribution in [0, 0.1) is 0 Å². The predicted molar refractivity (Wildman–Crippen MR) is 73.5 cm³/mol. The molecule has 100 valence electrons. The van der Waals surface area contributed by atoms with E-state index in [-0.39, 0.29) is 0 Å². The van der Waals surface area contributed by atoms with E-state index in [0.29, 0.717) is 22.7 Å². The maximum absolute atomic E-state index is 11.4. The fourth-order valence-electron chi connectivity index (χ4n) is 2.08. The first-order valence-electron chi connectivity index (χ1n) is 5.98. The summed E-state index contributed by atoms with van der Waals surface area (Å²) in [5.74, 6) is 0.172. The van der Waals surface area contributed by atoms with Crippen molar-refractivity contribution in [2.75, 3.05) is 7.11 Å². The van der Waals surface area contributed by atoms with E-state index in [9.17, 15) is 4.79 Å². The van der Waals surface area contributed by atoms with Gasteiger partial charge in [-0.2, -0.15) is 5.10 Å². The van der Waals surface area contributed by atoms with Crippen LogP contribution in [-0.2, 0) is 0 Å². The Morgan fingerprint density at radius 1 is 1.30 bits per heavy atom. The Morgan fingerprint density at radius 2 is 2.10 bits per heavy atom. The molecule has 3 aromatic rings. The average molecular weight is 268 g/mol. The molecule has 0 aliphatic heterocycles. The number of aromatic nitrogens is 3. The molecule has 2 N–H and O–H groups in total. The van der Waals surface area contributed by atoms with Crippen LogP contribution in [0.3, 0.4) is 0 Å². The van der Waals surface area contributed by atoms with Crippen LogP contribution in [0.5, 0.6) is 5.75 Å². The molecule has 1 aromatic carbocycles. The normalized spacial score (nSPS) is 10.7. The van der Waals surface area contributed by atoms with Crippen LogP contribution < -0.4 is 10.5 Å². The van der Waals surface area contributed by atoms with Crippen LogP contribution in [0.4, 0.5) is 0 Å². The zero-order valence-corrected chi connectivity index (χ0v) is 10.8. The van der Waals surface area contributed by atoms with E-state index in [4.69, 9.17) is 10.5 Å². The van der Waals surface area contributed by atoms with Crippen molar-refractivity contribution in [2.24, 2.45) is 5.73 Å². The minimum absolute atomic E-state index is 0.334. The van der Waals surface area contributed by atoms with E-state index >= 15 is 0 Å². The van der Waals surface area contributed by atoms with Crippen LogP contribution in [-0.4, -0.2) is 27.6 Å². The third-order valence-corrected chi connectivity index (χ3v) is 3.01. The topological polar surface area (TPSA) is 82.5 Å². The maximum atomic E-state index is 11.4. The van der Waals surface area contributed by atoms with Gasteiger partial charge in [-0.05, 0) is 18.2 Å². The third kappa shape index (κ3) is 1.87. The van der Waals surface area contributed by atoms with Crippen LogP contribution in [0.2, 0.25) is 0 Å². The van der Waals surface area contributed by atoms with E-state index in [2.05, 4.69) is 10.1 Å². The van der Waals surface area contributed by atoms with Gasteiger partial charge in [0, 0.05) is 11.8 Å². The highest BCUT2D eigenvalue weighted by Crippen LogP contribution is 2.29. The van der Waals surface area contributed by atoms with E-state index in [0.717, 1.165) is 5.56 Å². The molecular formula is C14H12N4O2. The molecule has 0 atom stereocenters. The number of para-hydroxylation sites is 1. The van der Waals surface area contributed by atoms with Crippen LogP contribution in [0.25, 0.3) is 16.9 Å². The number of nitrogens with two attached hydrogens (primary N) is 1. The Balaban J connectivity index is 2.23. The van der Waals surface area contributed by atoms with Crippen molar-refractivity contribution in [3.63, 3.8) is 0 Å². The van der Waals surface area contributed by atoms with Gasteiger partial charge in [0.2, 0.25) is 0 Å². The summed E-state index contributed by atoms with van der Waals surface area (Å²) >= 11 is 0. The number of hydrogen-bond acceptors (Lipinski definition) is 4. The Labute approximate surface area is 114 Å². The minimum Gasteiger partial charge on any atom is -0.496 e. The van der Waals surface area contributed by atoms with Gasteiger partial charge in [0.05, 0.1) is 24.6 Å². The van der Waals surface area contributed by atoms with Crippen LogP contribution in [0.1, 0.15) is 10.4 Å². The first kappa shape index (κ1) is 12.2. The second-order valence-corrected chi connectivity index (χ2v) is 4.20. The number of ether oxygens (including phenoxy) is 1. The summed E-state index contributed by atoms with van der Waals surface area (Å²) < 4.78 is 6.84. The number of carbonyl (C=O) groups excluding carboxylic acids is 1. The molecule has 0 aliphatic rings. The monoisotopic (exact) mass is 268 g/mol. The lowest BCUT2D eigenvalue weighted by Gasteiger charge is -2.04. The number of benzene rings is 1. The molecular weight excluding hydrogens is 256 g/mol. The Kier molecular flexibility index (Phi) is 2.83. The molecule has 3 rings (SSSR count). The molecule has 0 aliphatic carbocycles. The Morgan fingerprint density at radius 3 is 2.85 bits per heavy atom. The van der Waals surface area contributed by atoms with E-state index < -0.39 is 5.91 Å². The summed E-state index contributed by atoms with van der Waals surface area (Å²) in [6.45, 7) is 0. The maximum Gasteiger partial charge on any atom is 0.252 e. The van der Waals surface area contributed by atoms with Crippen molar-refractivity contribution in [3.8, 4) is 17.0 Å². The standard InChI is InChI=1S/C14H12N4O2/c1-20-12-5-3-2-4-9(12)11-8-18-14(17-11)10(13(15)19)6-7-16-18/h2-8H,1H3,(H2,15,19). The summed E-state index contributed by atoms with van der Waals surface area (Å²) in [6, 6.07) is 9.07. The Hall–Kier alpha value is -2.89. The molecule has 0 saturated carbocycles. The van der Waals surface area contributed by atoms with Crippen molar-refractivity contribution in [1.29, 1.82) is 0 Å². The number of amides is 1. The van der Waals surface area contributed by atoms with Gasteiger partial charge in [-0.1, -0.05) is 12.1 Å². The summed E-state index contributed by atoms with van der Waals surface area (Å²) in [5.41, 5.74) is 7.60. The lowest BCUT2D eigenvalue weighted by atomic mass is 10.1. The molecule has 2 heterocycles. The van der Waals surface area contributed by atoms with Crippen molar-refractivity contribution < 1.29 is 9.53 Å². The smallest absolute Gasteiger partial charge is 0.252 e. The molecule has 6 nitrogen and oxygen atoms in total. The second kappa shape index (κ2) is 4.65. The van der Waals surface area contributed by atoms with Gasteiger partial charge in [-0.25, -0.2) is 9.50 Å². The first-order valence-corrected chi connectivity index (χ1v) is 5.98. The molecule has 0 bridgehead atoms. The van der Waals surface area contributed by atoms with Gasteiger partial charge in [0.1, 0.15) is 5.75 Å². The van der Waals surface area contributed by atoms with Crippen molar-refractivity contribution in [3.05, 3.63) is 48.3 Å². The second-order valence-electron chi connectivity index (χ2n) is 4.20. The highest BCUT2D eigenvalue weighted by atomic mass is 16.5. The van der Waals surface area contributed by atoms with Gasteiger partial charge in [0.25, 0.3) is 5.91 Å². The fourth-order valence-corrected chi connectivity index (χ4v) is 2.08. The highest BCUT2D eigenvalue weighted by Gasteiger charge is 2.14. The number of imidazole rings is 1. The molecule has 0 radical (unpaired) electrons. The zero-order chi connectivity index (χ0) is 14.1. The number of fused-ring (bicyclic) bond motifs is 1. The number of rotatable bonds is 3. The van der Waals surface area contributed by atoms with E-state index in [1.165, 1.54) is 10.7 Å². The van der Waals surface area contributed by atoms with Gasteiger partial charge in [0.15, 0.2) is 5.65 Å². The van der Waals surface area contributed by atoms with Crippen molar-refractivity contribution in [2.45, 2.75) is 0 Å². The molecule has 2 aromatic heterocycles. The average Bonchev–Trinajstić information content (AvgIpc) is 2.90. The lowest BCUT2D eigenvalue weighted by Crippen LogP contribution is -2.13. The largest absolute Gasteiger partial charge is 0.496 e. The number of methoxy groups -OCH3 is 1. The molecule has 6 heteroatoms. The van der Waals surface area contributed by atoms with Crippen molar-refractivity contribution >= 4 is 11.6 Å². The summed E-state index contributed by atoms with van der Waals surface area (Å²) in [7, 11) is 1.60. The van der Waals surface area contributed by atoms with Crippen LogP contribution in [0.15, 0.2) is 42.7 Å². The zero-order valence-electron chi connectivity index (χ0n) is 10.8. The number of hydrogen-bond donors (Lipinski definition) is 1. The molecule has 1 amide bonds. The first-order chi connectivity index (χ1) is 9.70. The van der Waals surface area contributed by atoms with Gasteiger partial charge in [-0.3, -0.25) is 4.79 Å². The summed E-state index contributed by atoms with van der Waals surface area (Å²) in [6.07, 6.45) is 3.25. The van der Waals surface area contributed by atoms with E-state index in [1.54, 1.807) is 19.4 Å². The van der Waals surface area contributed by atoms with Gasteiger partial charge in [-0.15, -0.1) is 0 Å². The molecule has 0 saturated heterocycles.